The number of hydrogen-bond acceptors (Lipinski definition) is 3. The fraction of sp³-hybridized carbons (Fsp3) is 0.455. The summed E-state index contributed by atoms with van der Waals surface area (Å²) in [5, 5.41) is 9.23. The van der Waals surface area contributed by atoms with Crippen molar-refractivity contribution in [2.75, 3.05) is 0 Å². The molecule has 0 amide bonds. The quantitative estimate of drug-likeness (QED) is 0.683. The molecule has 0 bridgehead atoms. The maximum atomic E-state index is 11.5. The second kappa shape index (κ2) is 3.40. The van der Waals surface area contributed by atoms with Crippen molar-refractivity contribution in [3.8, 4) is 0 Å². The van der Waals surface area contributed by atoms with Gasteiger partial charge in [-0.05, 0) is 17.9 Å². The summed E-state index contributed by atoms with van der Waals surface area (Å²) in [5.74, 6) is -1.20. The van der Waals surface area contributed by atoms with Crippen LogP contribution in [0.15, 0.2) is 23.5 Å². The van der Waals surface area contributed by atoms with E-state index in [4.69, 9.17) is 0 Å². The fourth-order valence-corrected chi connectivity index (χ4v) is 1.28. The van der Waals surface area contributed by atoms with Crippen molar-refractivity contribution >= 4 is 11.6 Å². The highest BCUT2D eigenvalue weighted by atomic mass is 16.3. The Morgan fingerprint density at radius 2 is 1.86 bits per heavy atom. The van der Waals surface area contributed by atoms with Gasteiger partial charge in [0.05, 0.1) is 0 Å². The zero-order valence-electron chi connectivity index (χ0n) is 8.63. The molecule has 0 unspecified atom stereocenters. The Morgan fingerprint density at radius 3 is 2.36 bits per heavy atom. The molecule has 0 heterocycles. The van der Waals surface area contributed by atoms with Crippen LogP contribution in [0.3, 0.4) is 0 Å². The average molecular weight is 194 g/mol. The van der Waals surface area contributed by atoms with E-state index in [0.717, 1.165) is 12.5 Å². The highest BCUT2D eigenvalue weighted by Crippen LogP contribution is 2.33. The van der Waals surface area contributed by atoms with E-state index < -0.39 is 11.5 Å². The lowest BCUT2D eigenvalue weighted by Gasteiger charge is -2.26. The molecule has 0 atom stereocenters. The molecule has 3 nitrogen and oxygen atoms in total. The zero-order chi connectivity index (χ0) is 10.9. The molecule has 3 heteroatoms. The van der Waals surface area contributed by atoms with E-state index in [1.54, 1.807) is 0 Å². The monoisotopic (exact) mass is 194 g/mol. The van der Waals surface area contributed by atoms with E-state index in [9.17, 15) is 14.7 Å². The normalized spacial score (nSPS) is 17.9. The third kappa shape index (κ3) is 1.76. The summed E-state index contributed by atoms with van der Waals surface area (Å²) in [4.78, 5) is 22.7. The van der Waals surface area contributed by atoms with E-state index in [1.165, 1.54) is 6.08 Å². The number of carbonyl (C=O) groups is 2. The minimum absolute atomic E-state index is 0.321. The molecule has 76 valence electrons. The SMILES string of the molecule is CCC(C)(C)C1=CC(=O)C=C(O)C1=O. The van der Waals surface area contributed by atoms with Crippen LogP contribution < -0.4 is 0 Å². The third-order valence-electron chi connectivity index (χ3n) is 2.66. The molecule has 1 aliphatic rings. The number of rotatable bonds is 2. The third-order valence-corrected chi connectivity index (χ3v) is 2.66. The molecule has 0 aliphatic heterocycles. The van der Waals surface area contributed by atoms with Gasteiger partial charge in [-0.25, -0.2) is 0 Å². The van der Waals surface area contributed by atoms with Crippen LogP contribution in [0.4, 0.5) is 0 Å². The summed E-state index contributed by atoms with van der Waals surface area (Å²) < 4.78 is 0. The van der Waals surface area contributed by atoms with Crippen LogP contribution in [0.2, 0.25) is 0 Å². The van der Waals surface area contributed by atoms with Gasteiger partial charge in [-0.2, -0.15) is 0 Å². The van der Waals surface area contributed by atoms with Crippen LogP contribution in [0.25, 0.3) is 0 Å². The number of Topliss-reactive ketones (excluding diaryl/α,β-unsaturated/α-hetero) is 1. The number of carbonyl (C=O) groups excluding carboxylic acids is 2. The predicted molar refractivity (Wildman–Crippen MR) is 52.9 cm³/mol. The van der Waals surface area contributed by atoms with Crippen LogP contribution in [0, 0.1) is 5.41 Å². The number of allylic oxidation sites excluding steroid dienone is 3. The summed E-state index contributed by atoms with van der Waals surface area (Å²) in [6.45, 7) is 5.69. The highest BCUT2D eigenvalue weighted by Gasteiger charge is 2.31. The van der Waals surface area contributed by atoms with Crippen molar-refractivity contribution < 1.29 is 14.7 Å². The highest BCUT2D eigenvalue weighted by molar-refractivity contribution is 6.19. The van der Waals surface area contributed by atoms with Crippen LogP contribution >= 0.6 is 0 Å². The lowest BCUT2D eigenvalue weighted by atomic mass is 9.77. The van der Waals surface area contributed by atoms with Gasteiger partial charge in [0.15, 0.2) is 11.5 Å². The molecule has 0 saturated heterocycles. The molecule has 0 aromatic heterocycles. The Morgan fingerprint density at radius 1 is 1.29 bits per heavy atom. The number of aliphatic hydroxyl groups is 1. The Labute approximate surface area is 83.1 Å². The van der Waals surface area contributed by atoms with E-state index in [2.05, 4.69) is 0 Å². The summed E-state index contributed by atoms with van der Waals surface area (Å²) in [6, 6.07) is 0. The number of ketones is 2. The molecule has 0 aromatic carbocycles. The summed E-state index contributed by atoms with van der Waals surface area (Å²) in [6.07, 6.45) is 3.01. The van der Waals surface area contributed by atoms with Crippen molar-refractivity contribution in [3.05, 3.63) is 23.5 Å². The van der Waals surface area contributed by atoms with Gasteiger partial charge in [0.25, 0.3) is 0 Å². The second-order valence-electron chi connectivity index (χ2n) is 4.06. The number of hydrogen-bond donors (Lipinski definition) is 1. The molecule has 0 aromatic rings. The first-order valence-corrected chi connectivity index (χ1v) is 4.60. The molecule has 0 radical (unpaired) electrons. The van der Waals surface area contributed by atoms with Gasteiger partial charge in [0.1, 0.15) is 0 Å². The largest absolute Gasteiger partial charge is 0.504 e. The van der Waals surface area contributed by atoms with Crippen molar-refractivity contribution in [1.29, 1.82) is 0 Å². The predicted octanol–water partition coefficient (Wildman–Crippen LogP) is 1.94. The Kier molecular flexibility index (Phi) is 2.60. The summed E-state index contributed by atoms with van der Waals surface area (Å²) in [5.41, 5.74) is 0.0274. The summed E-state index contributed by atoms with van der Waals surface area (Å²) >= 11 is 0. The minimum Gasteiger partial charge on any atom is -0.504 e. The first-order chi connectivity index (χ1) is 6.38. The molecular formula is C11H14O3. The maximum absolute atomic E-state index is 11.5. The van der Waals surface area contributed by atoms with Gasteiger partial charge in [0.2, 0.25) is 5.78 Å². The first-order valence-electron chi connectivity index (χ1n) is 4.60. The van der Waals surface area contributed by atoms with Gasteiger partial charge < -0.3 is 5.11 Å². The van der Waals surface area contributed by atoms with Gasteiger partial charge in [-0.1, -0.05) is 20.8 Å². The summed E-state index contributed by atoms with van der Waals surface area (Å²) in [7, 11) is 0. The lowest BCUT2D eigenvalue weighted by molar-refractivity contribution is -0.118. The van der Waals surface area contributed by atoms with Gasteiger partial charge in [0, 0.05) is 11.6 Å². The van der Waals surface area contributed by atoms with E-state index >= 15 is 0 Å². The van der Waals surface area contributed by atoms with Crippen molar-refractivity contribution in [2.24, 2.45) is 5.41 Å². The molecule has 0 saturated carbocycles. The Hall–Kier alpha value is -1.38. The van der Waals surface area contributed by atoms with E-state index in [-0.39, 0.29) is 11.2 Å². The topological polar surface area (TPSA) is 54.4 Å². The fourth-order valence-electron chi connectivity index (χ4n) is 1.28. The molecule has 0 fully saturated rings. The maximum Gasteiger partial charge on any atom is 0.224 e. The standard InChI is InChI=1S/C11H14O3/c1-4-11(2,3)8-5-7(12)6-9(13)10(8)14/h5-6,13H,4H2,1-3H3. The van der Waals surface area contributed by atoms with Crippen molar-refractivity contribution in [3.63, 3.8) is 0 Å². The van der Waals surface area contributed by atoms with Gasteiger partial charge in [-0.15, -0.1) is 0 Å². The zero-order valence-corrected chi connectivity index (χ0v) is 8.63. The lowest BCUT2D eigenvalue weighted by Crippen LogP contribution is -2.25. The molecule has 14 heavy (non-hydrogen) atoms. The smallest absolute Gasteiger partial charge is 0.224 e. The average Bonchev–Trinajstić information content (AvgIpc) is 2.11. The van der Waals surface area contributed by atoms with Crippen LogP contribution in [-0.4, -0.2) is 16.7 Å². The Balaban J connectivity index is 3.13. The second-order valence-corrected chi connectivity index (χ2v) is 4.06. The van der Waals surface area contributed by atoms with E-state index in [0.29, 0.717) is 5.57 Å². The number of aliphatic hydroxyl groups excluding tert-OH is 1. The first kappa shape index (κ1) is 10.7. The van der Waals surface area contributed by atoms with Crippen molar-refractivity contribution in [2.45, 2.75) is 27.2 Å². The molecule has 1 rings (SSSR count). The van der Waals surface area contributed by atoms with Crippen LogP contribution in [-0.2, 0) is 9.59 Å². The van der Waals surface area contributed by atoms with Gasteiger partial charge in [-0.3, -0.25) is 9.59 Å². The molecule has 1 N–H and O–H groups in total. The molecule has 1 aliphatic carbocycles. The Bertz CT molecular complexity index is 346. The molecule has 0 spiro atoms. The van der Waals surface area contributed by atoms with Gasteiger partial charge >= 0.3 is 0 Å². The minimum atomic E-state index is -0.450. The van der Waals surface area contributed by atoms with Crippen LogP contribution in [0.1, 0.15) is 27.2 Å². The molecular weight excluding hydrogens is 180 g/mol. The van der Waals surface area contributed by atoms with Crippen LogP contribution in [0.5, 0.6) is 0 Å². The van der Waals surface area contributed by atoms with Crippen molar-refractivity contribution in [1.82, 2.24) is 0 Å². The van der Waals surface area contributed by atoms with E-state index in [1.807, 2.05) is 20.8 Å².